The zero-order valence-electron chi connectivity index (χ0n) is 15.0. The van der Waals surface area contributed by atoms with Crippen molar-refractivity contribution in [1.82, 2.24) is 9.80 Å². The Morgan fingerprint density at radius 3 is 2.24 bits per heavy atom. The average molecular weight is 346 g/mol. The average Bonchev–Trinajstić information content (AvgIpc) is 2.62. The van der Waals surface area contributed by atoms with Gasteiger partial charge in [0.25, 0.3) is 0 Å². The zero-order chi connectivity index (χ0) is 18.7. The van der Waals surface area contributed by atoms with Gasteiger partial charge in [-0.15, -0.1) is 0 Å². The molecule has 0 aliphatic carbocycles. The first-order valence-electron chi connectivity index (χ1n) is 7.90. The van der Waals surface area contributed by atoms with E-state index in [1.165, 1.54) is 16.9 Å². The Morgan fingerprint density at radius 2 is 1.72 bits per heavy atom. The number of benzene rings is 1. The molecule has 1 aromatic rings. The molecule has 1 aliphatic rings. The van der Waals surface area contributed by atoms with Crippen LogP contribution in [0.1, 0.15) is 35.8 Å². The summed E-state index contributed by atoms with van der Waals surface area (Å²) in [6.07, 6.45) is 0. The topological polar surface area (TPSA) is 76.2 Å². The molecule has 0 saturated heterocycles. The van der Waals surface area contributed by atoms with E-state index in [2.05, 4.69) is 4.74 Å². The van der Waals surface area contributed by atoms with E-state index in [1.54, 1.807) is 52.2 Å². The highest BCUT2D eigenvalue weighted by Crippen LogP contribution is 2.36. The molecule has 0 saturated carbocycles. The summed E-state index contributed by atoms with van der Waals surface area (Å²) in [7, 11) is 4.55. The monoisotopic (exact) mass is 346 g/mol. The highest BCUT2D eigenvalue weighted by molar-refractivity contribution is 5.95. The van der Waals surface area contributed by atoms with E-state index in [-0.39, 0.29) is 12.6 Å². The number of esters is 2. The molecular formula is C18H22N2O5. The van der Waals surface area contributed by atoms with Crippen LogP contribution in [0.3, 0.4) is 0 Å². The predicted octanol–water partition coefficient (Wildman–Crippen LogP) is 2.35. The number of carbonyl (C=O) groups is 3. The number of carbonyl (C=O) groups excluding carboxylic acids is 3. The van der Waals surface area contributed by atoms with Crippen molar-refractivity contribution in [3.05, 3.63) is 46.7 Å². The van der Waals surface area contributed by atoms with Gasteiger partial charge in [0.1, 0.15) is 0 Å². The number of urea groups is 1. The standard InChI is InChI=1S/C18H22N2O5/c1-6-25-17(22)14-11(2)19(3)18(23)20(4)15(14)12-7-9-13(10-8-12)16(21)24-5/h7-10,15H,6H2,1-5H3/t15-/m0/s1. The summed E-state index contributed by atoms with van der Waals surface area (Å²) in [5.41, 5.74) is 2.05. The lowest BCUT2D eigenvalue weighted by Crippen LogP contribution is -2.47. The van der Waals surface area contributed by atoms with Crippen LogP contribution >= 0.6 is 0 Å². The smallest absolute Gasteiger partial charge is 0.338 e. The molecule has 1 aliphatic heterocycles. The maximum absolute atomic E-state index is 12.5. The number of hydrogen-bond donors (Lipinski definition) is 0. The molecule has 0 spiro atoms. The van der Waals surface area contributed by atoms with Crippen LogP contribution in [-0.2, 0) is 14.3 Å². The second-order valence-corrected chi connectivity index (χ2v) is 5.69. The van der Waals surface area contributed by atoms with Crippen molar-refractivity contribution in [1.29, 1.82) is 0 Å². The first-order valence-corrected chi connectivity index (χ1v) is 7.90. The Kier molecular flexibility index (Phi) is 5.46. The van der Waals surface area contributed by atoms with Crippen LogP contribution in [0.4, 0.5) is 4.79 Å². The number of allylic oxidation sites excluding steroid dienone is 1. The SMILES string of the molecule is CCOC(=O)C1=C(C)N(C)C(=O)N(C)[C@H]1c1ccc(C(=O)OC)cc1. The van der Waals surface area contributed by atoms with Gasteiger partial charge < -0.3 is 19.3 Å². The van der Waals surface area contributed by atoms with E-state index in [1.807, 2.05) is 0 Å². The van der Waals surface area contributed by atoms with E-state index < -0.39 is 18.0 Å². The Balaban J connectivity index is 2.52. The number of hydrogen-bond acceptors (Lipinski definition) is 5. The molecule has 0 N–H and O–H groups in total. The summed E-state index contributed by atoms with van der Waals surface area (Å²) in [4.78, 5) is 39.4. The van der Waals surface area contributed by atoms with Crippen LogP contribution < -0.4 is 0 Å². The first kappa shape index (κ1) is 18.5. The molecule has 0 unspecified atom stereocenters. The van der Waals surface area contributed by atoms with Crippen molar-refractivity contribution in [3.63, 3.8) is 0 Å². The van der Waals surface area contributed by atoms with Crippen LogP contribution in [0.15, 0.2) is 35.5 Å². The molecule has 0 aromatic heterocycles. The van der Waals surface area contributed by atoms with Crippen molar-refractivity contribution < 1.29 is 23.9 Å². The summed E-state index contributed by atoms with van der Waals surface area (Å²) in [5, 5.41) is 0. The minimum Gasteiger partial charge on any atom is -0.465 e. The summed E-state index contributed by atoms with van der Waals surface area (Å²) in [6.45, 7) is 3.69. The molecule has 0 bridgehead atoms. The number of ether oxygens (including phenoxy) is 2. The Bertz CT molecular complexity index is 723. The quantitative estimate of drug-likeness (QED) is 0.782. The second-order valence-electron chi connectivity index (χ2n) is 5.69. The summed E-state index contributed by atoms with van der Waals surface area (Å²) < 4.78 is 9.87. The third kappa shape index (κ3) is 3.35. The molecule has 1 heterocycles. The van der Waals surface area contributed by atoms with Gasteiger partial charge in [0, 0.05) is 19.8 Å². The highest BCUT2D eigenvalue weighted by Gasteiger charge is 2.39. The second kappa shape index (κ2) is 7.38. The van der Waals surface area contributed by atoms with Crippen molar-refractivity contribution in [2.45, 2.75) is 19.9 Å². The van der Waals surface area contributed by atoms with Crippen LogP contribution in [0.25, 0.3) is 0 Å². The number of amides is 2. The molecular weight excluding hydrogens is 324 g/mol. The lowest BCUT2D eigenvalue weighted by molar-refractivity contribution is -0.139. The fraction of sp³-hybridized carbons (Fsp3) is 0.389. The van der Waals surface area contributed by atoms with Gasteiger partial charge in [-0.05, 0) is 31.5 Å². The van der Waals surface area contributed by atoms with Crippen molar-refractivity contribution in [2.75, 3.05) is 27.8 Å². The summed E-state index contributed by atoms with van der Waals surface area (Å²) in [5.74, 6) is -0.912. The van der Waals surface area contributed by atoms with Crippen LogP contribution in [0.5, 0.6) is 0 Å². The van der Waals surface area contributed by atoms with Crippen molar-refractivity contribution in [2.24, 2.45) is 0 Å². The fourth-order valence-corrected chi connectivity index (χ4v) is 2.84. The molecule has 0 fully saturated rings. The van der Waals surface area contributed by atoms with Crippen LogP contribution in [0, 0.1) is 0 Å². The summed E-state index contributed by atoms with van der Waals surface area (Å²) >= 11 is 0. The lowest BCUT2D eigenvalue weighted by atomic mass is 9.93. The number of rotatable bonds is 4. The predicted molar refractivity (Wildman–Crippen MR) is 90.8 cm³/mol. The molecule has 1 atom stereocenters. The zero-order valence-corrected chi connectivity index (χ0v) is 15.0. The first-order chi connectivity index (χ1) is 11.8. The molecule has 25 heavy (non-hydrogen) atoms. The summed E-state index contributed by atoms with van der Waals surface area (Å²) in [6, 6.07) is 5.81. The van der Waals surface area contributed by atoms with Crippen LogP contribution in [-0.4, -0.2) is 55.6 Å². The maximum atomic E-state index is 12.5. The lowest BCUT2D eigenvalue weighted by Gasteiger charge is -2.39. The minimum absolute atomic E-state index is 0.229. The van der Waals surface area contributed by atoms with E-state index in [0.29, 0.717) is 22.4 Å². The third-order valence-corrected chi connectivity index (χ3v) is 4.29. The molecule has 7 heteroatoms. The largest absolute Gasteiger partial charge is 0.465 e. The van der Waals surface area contributed by atoms with Gasteiger partial charge in [-0.25, -0.2) is 14.4 Å². The minimum atomic E-state index is -0.588. The number of likely N-dealkylation sites (N-methyl/N-ethyl adjacent to an activating group) is 1. The van der Waals surface area contributed by atoms with Gasteiger partial charge >= 0.3 is 18.0 Å². The number of nitrogens with zero attached hydrogens (tertiary/aromatic N) is 2. The van der Waals surface area contributed by atoms with Crippen molar-refractivity contribution in [3.8, 4) is 0 Å². The fourth-order valence-electron chi connectivity index (χ4n) is 2.84. The molecule has 7 nitrogen and oxygen atoms in total. The van der Waals surface area contributed by atoms with Gasteiger partial charge in [-0.2, -0.15) is 0 Å². The van der Waals surface area contributed by atoms with Gasteiger partial charge in [-0.3, -0.25) is 0 Å². The van der Waals surface area contributed by atoms with Gasteiger partial charge in [0.2, 0.25) is 0 Å². The molecule has 0 radical (unpaired) electrons. The van der Waals surface area contributed by atoms with Gasteiger partial charge in [0.05, 0.1) is 30.9 Å². The Labute approximate surface area is 146 Å². The molecule has 134 valence electrons. The highest BCUT2D eigenvalue weighted by atomic mass is 16.5. The van der Waals surface area contributed by atoms with Gasteiger partial charge in [0.15, 0.2) is 0 Å². The van der Waals surface area contributed by atoms with E-state index in [9.17, 15) is 14.4 Å². The van der Waals surface area contributed by atoms with E-state index in [4.69, 9.17) is 4.74 Å². The normalized spacial score (nSPS) is 17.6. The van der Waals surface area contributed by atoms with Gasteiger partial charge in [-0.1, -0.05) is 12.1 Å². The third-order valence-electron chi connectivity index (χ3n) is 4.29. The molecule has 1 aromatic carbocycles. The Morgan fingerprint density at radius 1 is 1.12 bits per heavy atom. The number of methoxy groups -OCH3 is 1. The van der Waals surface area contributed by atoms with Crippen LogP contribution in [0.2, 0.25) is 0 Å². The molecule has 2 amide bonds. The Hall–Kier alpha value is -2.83. The maximum Gasteiger partial charge on any atom is 0.338 e. The van der Waals surface area contributed by atoms with Crippen molar-refractivity contribution >= 4 is 18.0 Å². The molecule has 2 rings (SSSR count). The van der Waals surface area contributed by atoms with E-state index >= 15 is 0 Å². The van der Waals surface area contributed by atoms with E-state index in [0.717, 1.165) is 0 Å².